The summed E-state index contributed by atoms with van der Waals surface area (Å²) in [4.78, 5) is 0. The smallest absolute Gasteiger partial charge is 0.0502 e. The van der Waals surface area contributed by atoms with E-state index in [9.17, 15) is 5.11 Å². The minimum absolute atomic E-state index is 0.0813. The van der Waals surface area contributed by atoms with Crippen LogP contribution >= 0.6 is 0 Å². The molecule has 3 heteroatoms. The van der Waals surface area contributed by atoms with Crippen LogP contribution in [0.25, 0.3) is 0 Å². The highest BCUT2D eigenvalue weighted by molar-refractivity contribution is 4.86. The SMILES string of the molecule is CC(C)C(CN)(CO)CC1CCOCC1. The van der Waals surface area contributed by atoms with Gasteiger partial charge in [-0.25, -0.2) is 0 Å². The van der Waals surface area contributed by atoms with E-state index in [1.165, 1.54) is 0 Å². The second-order valence-corrected chi connectivity index (χ2v) is 5.14. The molecule has 15 heavy (non-hydrogen) atoms. The zero-order valence-electron chi connectivity index (χ0n) is 10.0. The number of hydrogen-bond donors (Lipinski definition) is 2. The molecule has 3 N–H and O–H groups in total. The molecule has 1 fully saturated rings. The fourth-order valence-corrected chi connectivity index (χ4v) is 2.39. The molecule has 3 nitrogen and oxygen atoms in total. The molecule has 0 aromatic rings. The normalized spacial score (nSPS) is 23.0. The van der Waals surface area contributed by atoms with Crippen molar-refractivity contribution in [2.75, 3.05) is 26.4 Å². The maximum absolute atomic E-state index is 9.57. The van der Waals surface area contributed by atoms with Crippen LogP contribution in [-0.2, 0) is 4.74 Å². The average Bonchev–Trinajstić information content (AvgIpc) is 2.27. The molecule has 1 rings (SSSR count). The van der Waals surface area contributed by atoms with Gasteiger partial charge in [-0.3, -0.25) is 0 Å². The van der Waals surface area contributed by atoms with Crippen LogP contribution in [0.5, 0.6) is 0 Å². The van der Waals surface area contributed by atoms with Gasteiger partial charge in [0.2, 0.25) is 0 Å². The van der Waals surface area contributed by atoms with Crippen LogP contribution in [0.2, 0.25) is 0 Å². The van der Waals surface area contributed by atoms with Gasteiger partial charge in [0, 0.05) is 25.2 Å². The Morgan fingerprint density at radius 3 is 2.40 bits per heavy atom. The van der Waals surface area contributed by atoms with Gasteiger partial charge in [-0.1, -0.05) is 13.8 Å². The van der Waals surface area contributed by atoms with Gasteiger partial charge in [0.15, 0.2) is 0 Å². The minimum Gasteiger partial charge on any atom is -0.396 e. The molecular formula is C12H25NO2. The zero-order valence-corrected chi connectivity index (χ0v) is 10.0. The minimum atomic E-state index is -0.0813. The third kappa shape index (κ3) is 3.16. The van der Waals surface area contributed by atoms with Gasteiger partial charge in [-0.15, -0.1) is 0 Å². The Labute approximate surface area is 93.0 Å². The zero-order chi connectivity index (χ0) is 11.3. The van der Waals surface area contributed by atoms with Gasteiger partial charge in [-0.2, -0.15) is 0 Å². The summed E-state index contributed by atoms with van der Waals surface area (Å²) in [5.41, 5.74) is 5.76. The van der Waals surface area contributed by atoms with Gasteiger partial charge < -0.3 is 15.6 Å². The lowest BCUT2D eigenvalue weighted by molar-refractivity contribution is 0.0137. The molecule has 0 aromatic carbocycles. The third-order valence-corrected chi connectivity index (χ3v) is 3.98. The molecule has 1 heterocycles. The third-order valence-electron chi connectivity index (χ3n) is 3.98. The Hall–Kier alpha value is -0.120. The Balaban J connectivity index is 2.56. The molecule has 1 unspecified atom stereocenters. The van der Waals surface area contributed by atoms with Crippen molar-refractivity contribution in [3.8, 4) is 0 Å². The predicted molar refractivity (Wildman–Crippen MR) is 61.6 cm³/mol. The van der Waals surface area contributed by atoms with Gasteiger partial charge in [0.1, 0.15) is 0 Å². The molecule has 0 aliphatic carbocycles. The number of rotatable bonds is 5. The van der Waals surface area contributed by atoms with E-state index in [4.69, 9.17) is 10.5 Å². The molecule has 0 amide bonds. The highest BCUT2D eigenvalue weighted by Gasteiger charge is 2.34. The molecule has 0 spiro atoms. The standard InChI is InChI=1S/C12H25NO2/c1-10(2)12(8-13,9-14)7-11-3-5-15-6-4-11/h10-11,14H,3-9,13H2,1-2H3. The summed E-state index contributed by atoms with van der Waals surface area (Å²) < 4.78 is 5.35. The molecule has 0 bridgehead atoms. The molecule has 0 aromatic heterocycles. The summed E-state index contributed by atoms with van der Waals surface area (Å²) in [5, 5.41) is 9.57. The van der Waals surface area contributed by atoms with E-state index < -0.39 is 0 Å². The Kier molecular flexibility index (Phi) is 5.03. The Bertz CT molecular complexity index is 172. The van der Waals surface area contributed by atoms with Crippen LogP contribution in [-0.4, -0.2) is 31.5 Å². The van der Waals surface area contributed by atoms with Crippen molar-refractivity contribution < 1.29 is 9.84 Å². The number of aliphatic hydroxyl groups excluding tert-OH is 1. The van der Waals surface area contributed by atoms with E-state index >= 15 is 0 Å². The predicted octanol–water partition coefficient (Wildman–Crippen LogP) is 1.40. The van der Waals surface area contributed by atoms with E-state index in [-0.39, 0.29) is 12.0 Å². The molecular weight excluding hydrogens is 190 g/mol. The second kappa shape index (κ2) is 5.83. The summed E-state index contributed by atoms with van der Waals surface area (Å²) >= 11 is 0. The van der Waals surface area contributed by atoms with E-state index in [0.717, 1.165) is 32.5 Å². The van der Waals surface area contributed by atoms with E-state index in [2.05, 4.69) is 13.8 Å². The highest BCUT2D eigenvalue weighted by Crippen LogP contribution is 2.36. The summed E-state index contributed by atoms with van der Waals surface area (Å²) in [6.07, 6.45) is 3.28. The summed E-state index contributed by atoms with van der Waals surface area (Å²) in [5.74, 6) is 1.12. The van der Waals surface area contributed by atoms with Crippen LogP contribution in [0.3, 0.4) is 0 Å². The first kappa shape index (κ1) is 12.9. The van der Waals surface area contributed by atoms with Crippen molar-refractivity contribution in [2.24, 2.45) is 23.0 Å². The van der Waals surface area contributed by atoms with Crippen LogP contribution in [0, 0.1) is 17.3 Å². The molecule has 0 saturated carbocycles. The van der Waals surface area contributed by atoms with E-state index in [1.807, 2.05) is 0 Å². The molecule has 1 atom stereocenters. The number of hydrogen-bond acceptors (Lipinski definition) is 3. The first-order chi connectivity index (χ1) is 7.14. The van der Waals surface area contributed by atoms with Crippen molar-refractivity contribution in [3.63, 3.8) is 0 Å². The maximum Gasteiger partial charge on any atom is 0.0502 e. The first-order valence-electron chi connectivity index (χ1n) is 6.03. The summed E-state index contributed by atoms with van der Waals surface area (Å²) in [7, 11) is 0. The van der Waals surface area contributed by atoms with Gasteiger partial charge in [-0.05, 0) is 31.1 Å². The monoisotopic (exact) mass is 215 g/mol. The van der Waals surface area contributed by atoms with Gasteiger partial charge >= 0.3 is 0 Å². The number of ether oxygens (including phenoxy) is 1. The lowest BCUT2D eigenvalue weighted by Gasteiger charge is -2.38. The second-order valence-electron chi connectivity index (χ2n) is 5.14. The topological polar surface area (TPSA) is 55.5 Å². The fourth-order valence-electron chi connectivity index (χ4n) is 2.39. The van der Waals surface area contributed by atoms with Crippen LogP contribution in [0.4, 0.5) is 0 Å². The molecule has 1 aliphatic heterocycles. The largest absolute Gasteiger partial charge is 0.396 e. The number of nitrogens with two attached hydrogens (primary N) is 1. The van der Waals surface area contributed by atoms with Crippen molar-refractivity contribution in [2.45, 2.75) is 33.1 Å². The quantitative estimate of drug-likeness (QED) is 0.729. The first-order valence-corrected chi connectivity index (χ1v) is 6.03. The van der Waals surface area contributed by atoms with Crippen LogP contribution < -0.4 is 5.73 Å². The van der Waals surface area contributed by atoms with E-state index in [1.54, 1.807) is 0 Å². The van der Waals surface area contributed by atoms with Crippen LogP contribution in [0.15, 0.2) is 0 Å². The Morgan fingerprint density at radius 1 is 1.40 bits per heavy atom. The number of aliphatic hydroxyl groups is 1. The van der Waals surface area contributed by atoms with Gasteiger partial charge in [0.25, 0.3) is 0 Å². The van der Waals surface area contributed by atoms with Gasteiger partial charge in [0.05, 0.1) is 6.61 Å². The molecule has 1 aliphatic rings. The Morgan fingerprint density at radius 2 is 2.00 bits per heavy atom. The molecule has 0 radical (unpaired) electrons. The molecule has 1 saturated heterocycles. The summed E-state index contributed by atoms with van der Waals surface area (Å²) in [6.45, 7) is 6.84. The van der Waals surface area contributed by atoms with Crippen molar-refractivity contribution >= 4 is 0 Å². The highest BCUT2D eigenvalue weighted by atomic mass is 16.5. The maximum atomic E-state index is 9.57. The average molecular weight is 215 g/mol. The summed E-state index contributed by atoms with van der Waals surface area (Å²) in [6, 6.07) is 0. The fraction of sp³-hybridized carbons (Fsp3) is 1.00. The lowest BCUT2D eigenvalue weighted by Crippen LogP contribution is -2.41. The van der Waals surface area contributed by atoms with Crippen molar-refractivity contribution in [3.05, 3.63) is 0 Å². The van der Waals surface area contributed by atoms with Crippen LogP contribution in [0.1, 0.15) is 33.1 Å². The van der Waals surface area contributed by atoms with E-state index in [0.29, 0.717) is 18.4 Å². The molecule has 90 valence electrons. The van der Waals surface area contributed by atoms with Crippen molar-refractivity contribution in [1.29, 1.82) is 0 Å². The van der Waals surface area contributed by atoms with Crippen molar-refractivity contribution in [1.82, 2.24) is 0 Å². The lowest BCUT2D eigenvalue weighted by atomic mass is 9.70.